The molecule has 0 aliphatic carbocycles. The molecule has 2 heterocycles. The molecule has 3 aromatic rings. The topological polar surface area (TPSA) is 59.4 Å². The van der Waals surface area contributed by atoms with Crippen LogP contribution in [-0.2, 0) is 11.3 Å². The van der Waals surface area contributed by atoms with E-state index in [1.807, 2.05) is 29.1 Å². The van der Waals surface area contributed by atoms with Gasteiger partial charge in [0.05, 0.1) is 24.5 Å². The lowest BCUT2D eigenvalue weighted by Crippen LogP contribution is -2.32. The molecule has 1 N–H and O–H groups in total. The van der Waals surface area contributed by atoms with E-state index in [0.717, 1.165) is 30.1 Å². The molecule has 1 aliphatic heterocycles. The molecule has 31 heavy (non-hydrogen) atoms. The number of carbonyl (C=O) groups excluding carboxylic acids is 1. The van der Waals surface area contributed by atoms with Gasteiger partial charge in [0.15, 0.2) is 0 Å². The van der Waals surface area contributed by atoms with E-state index in [0.29, 0.717) is 12.3 Å². The molecule has 0 radical (unpaired) electrons. The summed E-state index contributed by atoms with van der Waals surface area (Å²) >= 11 is 6.14. The number of nitrogens with zero attached hydrogens (tertiary/aromatic N) is 3. The van der Waals surface area contributed by atoms with Crippen LogP contribution in [0.4, 0.5) is 10.1 Å². The maximum absolute atomic E-state index is 13.4. The van der Waals surface area contributed by atoms with Crippen molar-refractivity contribution in [2.75, 3.05) is 25.6 Å². The van der Waals surface area contributed by atoms with E-state index in [-0.39, 0.29) is 23.6 Å². The fourth-order valence-electron chi connectivity index (χ4n) is 4.01. The lowest BCUT2D eigenvalue weighted by molar-refractivity contribution is 0.102. The number of carbonyl (C=O) groups is 1. The number of methoxy groups -OCH3 is 1. The molecule has 8 heteroatoms. The van der Waals surface area contributed by atoms with Gasteiger partial charge in [0.25, 0.3) is 5.91 Å². The zero-order valence-electron chi connectivity index (χ0n) is 17.2. The van der Waals surface area contributed by atoms with Crippen LogP contribution in [0, 0.1) is 5.82 Å². The van der Waals surface area contributed by atoms with E-state index in [1.165, 1.54) is 18.2 Å². The highest BCUT2D eigenvalue weighted by Gasteiger charge is 2.33. The highest BCUT2D eigenvalue weighted by Crippen LogP contribution is 2.30. The smallest absolute Gasteiger partial charge is 0.255 e. The largest absolute Gasteiger partial charge is 0.383 e. The van der Waals surface area contributed by atoms with Gasteiger partial charge in [-0.25, -0.2) is 4.39 Å². The summed E-state index contributed by atoms with van der Waals surface area (Å²) in [6.07, 6.45) is 4.31. The molecule has 0 bridgehead atoms. The van der Waals surface area contributed by atoms with E-state index in [4.69, 9.17) is 16.3 Å². The van der Waals surface area contributed by atoms with Crippen LogP contribution in [-0.4, -0.2) is 46.9 Å². The Kier molecular flexibility index (Phi) is 6.65. The van der Waals surface area contributed by atoms with Gasteiger partial charge in [-0.2, -0.15) is 5.10 Å². The first-order chi connectivity index (χ1) is 15.0. The average molecular weight is 443 g/mol. The lowest BCUT2D eigenvalue weighted by Gasteiger charge is -2.23. The Bertz CT molecular complexity index is 1060. The first-order valence-electron chi connectivity index (χ1n) is 10.1. The van der Waals surface area contributed by atoms with Gasteiger partial charge in [-0.3, -0.25) is 14.4 Å². The Balaban J connectivity index is 1.43. The Hall–Kier alpha value is -2.74. The van der Waals surface area contributed by atoms with Crippen molar-refractivity contribution in [3.8, 4) is 0 Å². The Labute approximate surface area is 185 Å². The number of hydrogen-bond acceptors (Lipinski definition) is 4. The number of halogens is 2. The second-order valence-corrected chi connectivity index (χ2v) is 8.17. The van der Waals surface area contributed by atoms with Gasteiger partial charge in [-0.15, -0.1) is 0 Å². The van der Waals surface area contributed by atoms with Crippen LogP contribution >= 0.6 is 11.6 Å². The lowest BCUT2D eigenvalue weighted by atomic mass is 10.1. The number of ether oxygens (including phenoxy) is 1. The maximum atomic E-state index is 13.4. The van der Waals surface area contributed by atoms with Gasteiger partial charge in [-0.1, -0.05) is 29.8 Å². The molecule has 1 aliphatic rings. The van der Waals surface area contributed by atoms with Crippen LogP contribution < -0.4 is 5.32 Å². The van der Waals surface area contributed by atoms with Crippen molar-refractivity contribution in [3.05, 3.63) is 82.9 Å². The van der Waals surface area contributed by atoms with E-state index < -0.39 is 5.82 Å². The molecule has 6 nitrogen and oxygen atoms in total. The number of nitrogens with one attached hydrogen (secondary N) is 1. The first-order valence-corrected chi connectivity index (χ1v) is 10.5. The number of hydrogen-bond donors (Lipinski definition) is 1. The minimum atomic E-state index is -0.446. The minimum absolute atomic E-state index is 0.152. The number of benzene rings is 2. The van der Waals surface area contributed by atoms with Crippen LogP contribution in [0.15, 0.2) is 60.9 Å². The Morgan fingerprint density at radius 2 is 2.13 bits per heavy atom. The van der Waals surface area contributed by atoms with Crippen LogP contribution in [0.25, 0.3) is 0 Å². The van der Waals surface area contributed by atoms with E-state index >= 15 is 0 Å². The van der Waals surface area contributed by atoms with Crippen molar-refractivity contribution < 1.29 is 13.9 Å². The van der Waals surface area contributed by atoms with Gasteiger partial charge >= 0.3 is 0 Å². The van der Waals surface area contributed by atoms with E-state index in [2.05, 4.69) is 21.4 Å². The van der Waals surface area contributed by atoms with Crippen LogP contribution in [0.2, 0.25) is 5.02 Å². The molecule has 2 atom stereocenters. The summed E-state index contributed by atoms with van der Waals surface area (Å²) < 4.78 is 20.7. The molecule has 0 spiro atoms. The SMILES string of the molecule is COC[C@@H]1C[C@H](n2cc(NC(=O)c3cccc(F)c3)cn2)CN1Cc1cccc(Cl)c1. The molecule has 0 saturated carbocycles. The molecule has 0 unspecified atom stereocenters. The van der Waals surface area contributed by atoms with Crippen molar-refractivity contribution in [2.45, 2.75) is 25.0 Å². The summed E-state index contributed by atoms with van der Waals surface area (Å²) in [6, 6.07) is 13.9. The molecule has 1 saturated heterocycles. The molecule has 162 valence electrons. The zero-order chi connectivity index (χ0) is 21.8. The second kappa shape index (κ2) is 9.60. The van der Waals surface area contributed by atoms with Crippen molar-refractivity contribution in [1.29, 1.82) is 0 Å². The number of aromatic nitrogens is 2. The van der Waals surface area contributed by atoms with E-state index in [1.54, 1.807) is 19.4 Å². The van der Waals surface area contributed by atoms with Gasteiger partial charge in [0.2, 0.25) is 0 Å². The van der Waals surface area contributed by atoms with Crippen molar-refractivity contribution in [2.24, 2.45) is 0 Å². The fraction of sp³-hybridized carbons (Fsp3) is 0.304. The number of anilines is 1. The molecule has 1 fully saturated rings. The number of rotatable bonds is 7. The fourth-order valence-corrected chi connectivity index (χ4v) is 4.23. The van der Waals surface area contributed by atoms with Gasteiger partial charge in [0, 0.05) is 43.0 Å². The normalized spacial score (nSPS) is 18.9. The molecule has 1 aromatic heterocycles. The minimum Gasteiger partial charge on any atom is -0.383 e. The predicted molar refractivity (Wildman–Crippen MR) is 118 cm³/mol. The molecule has 4 rings (SSSR count). The zero-order valence-corrected chi connectivity index (χ0v) is 17.9. The van der Waals surface area contributed by atoms with E-state index in [9.17, 15) is 9.18 Å². The van der Waals surface area contributed by atoms with Crippen LogP contribution in [0.1, 0.15) is 28.4 Å². The van der Waals surface area contributed by atoms with Gasteiger partial charge in [-0.05, 0) is 42.3 Å². The quantitative estimate of drug-likeness (QED) is 0.589. The molecule has 1 amide bonds. The van der Waals surface area contributed by atoms with Crippen LogP contribution in [0.3, 0.4) is 0 Å². The third-order valence-corrected chi connectivity index (χ3v) is 5.69. The summed E-state index contributed by atoms with van der Waals surface area (Å²) in [4.78, 5) is 14.7. The maximum Gasteiger partial charge on any atom is 0.255 e. The summed E-state index contributed by atoms with van der Waals surface area (Å²) in [5.41, 5.74) is 1.99. The Morgan fingerprint density at radius 3 is 2.90 bits per heavy atom. The highest BCUT2D eigenvalue weighted by atomic mass is 35.5. The first kappa shape index (κ1) is 21.5. The standard InChI is InChI=1S/C23H24ClFN4O2/c1-31-15-22-10-21(14-28(22)12-16-4-2-6-18(24)8-16)29-13-20(11-26-29)27-23(30)17-5-3-7-19(25)9-17/h2-9,11,13,21-22H,10,12,14-15H2,1H3,(H,27,30)/t21-,22-/m0/s1. The summed E-state index contributed by atoms with van der Waals surface area (Å²) in [5, 5.41) is 7.96. The monoisotopic (exact) mass is 442 g/mol. The molecular formula is C23H24ClFN4O2. The van der Waals surface area contributed by atoms with Crippen molar-refractivity contribution >= 4 is 23.2 Å². The van der Waals surface area contributed by atoms with Gasteiger partial charge in [0.1, 0.15) is 5.82 Å². The number of likely N-dealkylation sites (tertiary alicyclic amines) is 1. The average Bonchev–Trinajstić information content (AvgIpc) is 3.36. The summed E-state index contributed by atoms with van der Waals surface area (Å²) in [6.45, 7) is 2.20. The second-order valence-electron chi connectivity index (χ2n) is 7.73. The summed E-state index contributed by atoms with van der Waals surface area (Å²) in [5.74, 6) is -0.816. The predicted octanol–water partition coefficient (Wildman–Crippen LogP) is 4.39. The Morgan fingerprint density at radius 1 is 1.29 bits per heavy atom. The highest BCUT2D eigenvalue weighted by molar-refractivity contribution is 6.30. The molecule has 2 aromatic carbocycles. The van der Waals surface area contributed by atoms with Crippen molar-refractivity contribution in [1.82, 2.24) is 14.7 Å². The third-order valence-electron chi connectivity index (χ3n) is 5.46. The van der Waals surface area contributed by atoms with Crippen LogP contribution in [0.5, 0.6) is 0 Å². The number of amides is 1. The summed E-state index contributed by atoms with van der Waals surface area (Å²) in [7, 11) is 1.71. The molecular weight excluding hydrogens is 419 g/mol. The van der Waals surface area contributed by atoms with Crippen molar-refractivity contribution in [3.63, 3.8) is 0 Å². The van der Waals surface area contributed by atoms with Gasteiger partial charge < -0.3 is 10.1 Å². The third kappa shape index (κ3) is 5.31.